The quantitative estimate of drug-likeness (QED) is 0.745. The lowest BCUT2D eigenvalue weighted by atomic mass is 9.93. The summed E-state index contributed by atoms with van der Waals surface area (Å²) in [5.74, 6) is 2.47. The number of nitrogens with zero attached hydrogens (tertiary/aromatic N) is 3. The number of hydrogen-bond acceptors (Lipinski definition) is 4. The van der Waals surface area contributed by atoms with E-state index in [1.807, 2.05) is 24.7 Å². The minimum absolute atomic E-state index is 0.0561. The van der Waals surface area contributed by atoms with Gasteiger partial charge in [-0.15, -0.1) is 0 Å². The molecule has 26 heavy (non-hydrogen) atoms. The Balaban J connectivity index is 1.50. The molecule has 3 heterocycles. The fourth-order valence-electron chi connectivity index (χ4n) is 4.80. The van der Waals surface area contributed by atoms with Gasteiger partial charge >= 0.3 is 0 Å². The van der Waals surface area contributed by atoms with Crippen LogP contribution in [-0.4, -0.2) is 38.8 Å². The number of rotatable bonds is 5. The van der Waals surface area contributed by atoms with E-state index in [1.165, 1.54) is 0 Å². The zero-order valence-electron chi connectivity index (χ0n) is 14.9. The number of sulfone groups is 1. The number of fused-ring (bicyclic) bond motifs is 3. The molecule has 0 saturated heterocycles. The molecule has 2 aliphatic carbocycles. The van der Waals surface area contributed by atoms with Gasteiger partial charge < -0.3 is 4.98 Å². The molecule has 0 amide bonds. The van der Waals surface area contributed by atoms with Crippen LogP contribution in [0.5, 0.6) is 0 Å². The van der Waals surface area contributed by atoms with Crippen molar-refractivity contribution in [2.75, 3.05) is 5.75 Å². The second-order valence-electron chi connectivity index (χ2n) is 7.99. The number of imidazole rings is 1. The van der Waals surface area contributed by atoms with Crippen molar-refractivity contribution in [1.29, 1.82) is 0 Å². The summed E-state index contributed by atoms with van der Waals surface area (Å²) >= 11 is 0. The van der Waals surface area contributed by atoms with Crippen LogP contribution in [0.2, 0.25) is 0 Å². The van der Waals surface area contributed by atoms with Gasteiger partial charge in [0.15, 0.2) is 15.5 Å². The highest BCUT2D eigenvalue weighted by molar-refractivity contribution is 7.92. The lowest BCUT2D eigenvalue weighted by molar-refractivity contribution is 0.449. The van der Waals surface area contributed by atoms with Gasteiger partial charge in [0.2, 0.25) is 0 Å². The first-order valence-electron chi connectivity index (χ1n) is 9.58. The Kier molecular flexibility index (Phi) is 3.64. The van der Waals surface area contributed by atoms with Crippen molar-refractivity contribution < 1.29 is 8.42 Å². The normalized spacial score (nSPS) is 26.9. The highest BCUT2D eigenvalue weighted by atomic mass is 32.2. The minimum atomic E-state index is -2.90. The van der Waals surface area contributed by atoms with Gasteiger partial charge in [-0.2, -0.15) is 0 Å². The van der Waals surface area contributed by atoms with Gasteiger partial charge in [-0.3, -0.25) is 4.40 Å². The molecule has 6 nitrogen and oxygen atoms in total. The second kappa shape index (κ2) is 5.81. The van der Waals surface area contributed by atoms with Gasteiger partial charge in [0.25, 0.3) is 0 Å². The van der Waals surface area contributed by atoms with E-state index in [2.05, 4.69) is 21.3 Å². The predicted octanol–water partition coefficient (Wildman–Crippen LogP) is 3.31. The van der Waals surface area contributed by atoms with E-state index in [1.54, 1.807) is 0 Å². The first-order chi connectivity index (χ1) is 12.6. The van der Waals surface area contributed by atoms with Crippen LogP contribution < -0.4 is 0 Å². The second-order valence-corrected chi connectivity index (χ2v) is 10.3. The first-order valence-corrected chi connectivity index (χ1v) is 11.3. The van der Waals surface area contributed by atoms with Gasteiger partial charge in [0.1, 0.15) is 5.82 Å². The third-order valence-corrected chi connectivity index (χ3v) is 8.66. The standard InChI is InChI=1S/C19H24N4O2S/c1-2-13-7-12(11-26(24,25)15-3-4-15)8-16(13)19-22-10-14-9-21-18-17(23(14)19)5-6-20-18/h5-6,9-10,12-13,15-16,20H,2-4,7-8,11H2,1H3/t12-,13+,16-/m0/s1. The minimum Gasteiger partial charge on any atom is -0.345 e. The predicted molar refractivity (Wildman–Crippen MR) is 101 cm³/mol. The molecule has 1 N–H and O–H groups in total. The maximum absolute atomic E-state index is 12.5. The Morgan fingerprint density at radius 1 is 1.23 bits per heavy atom. The molecule has 3 aromatic heterocycles. The van der Waals surface area contributed by atoms with Crippen LogP contribution in [0.15, 0.2) is 24.7 Å². The van der Waals surface area contributed by atoms with E-state index in [0.717, 1.165) is 54.6 Å². The summed E-state index contributed by atoms with van der Waals surface area (Å²) < 4.78 is 27.1. The molecule has 2 saturated carbocycles. The molecule has 7 heteroatoms. The van der Waals surface area contributed by atoms with E-state index in [4.69, 9.17) is 4.98 Å². The average molecular weight is 372 g/mol. The monoisotopic (exact) mass is 372 g/mol. The summed E-state index contributed by atoms with van der Waals surface area (Å²) in [7, 11) is -2.90. The molecule has 5 rings (SSSR count). The molecular formula is C19H24N4O2S. The fraction of sp³-hybridized carbons (Fsp3) is 0.579. The molecule has 0 bridgehead atoms. The van der Waals surface area contributed by atoms with Crippen LogP contribution in [-0.2, 0) is 9.84 Å². The third-order valence-electron chi connectivity index (χ3n) is 6.24. The van der Waals surface area contributed by atoms with Crippen molar-refractivity contribution in [3.8, 4) is 0 Å². The molecule has 0 aromatic carbocycles. The zero-order chi connectivity index (χ0) is 17.9. The van der Waals surface area contributed by atoms with Crippen molar-refractivity contribution in [3.63, 3.8) is 0 Å². The Morgan fingerprint density at radius 3 is 2.81 bits per heavy atom. The smallest absolute Gasteiger partial charge is 0.154 e. The maximum Gasteiger partial charge on any atom is 0.154 e. The lowest BCUT2D eigenvalue weighted by Crippen LogP contribution is -2.18. The molecule has 3 aromatic rings. The molecule has 0 spiro atoms. The van der Waals surface area contributed by atoms with Crippen LogP contribution in [0.25, 0.3) is 16.7 Å². The fourth-order valence-corrected chi connectivity index (χ4v) is 6.85. The van der Waals surface area contributed by atoms with Crippen molar-refractivity contribution >= 4 is 26.5 Å². The van der Waals surface area contributed by atoms with Crippen LogP contribution >= 0.6 is 0 Å². The molecule has 138 valence electrons. The molecule has 2 fully saturated rings. The number of aromatic nitrogens is 4. The van der Waals surface area contributed by atoms with Crippen LogP contribution in [0.4, 0.5) is 0 Å². The summed E-state index contributed by atoms with van der Waals surface area (Å²) in [4.78, 5) is 12.4. The highest BCUT2D eigenvalue weighted by Gasteiger charge is 2.42. The van der Waals surface area contributed by atoms with Gasteiger partial charge in [-0.1, -0.05) is 13.3 Å². The molecule has 3 atom stereocenters. The average Bonchev–Trinajstić information content (AvgIpc) is 3.06. The number of H-pyrrole nitrogens is 1. The zero-order valence-corrected chi connectivity index (χ0v) is 15.7. The van der Waals surface area contributed by atoms with E-state index < -0.39 is 9.84 Å². The summed E-state index contributed by atoms with van der Waals surface area (Å²) in [5.41, 5.74) is 2.89. The van der Waals surface area contributed by atoms with Crippen molar-refractivity contribution in [1.82, 2.24) is 19.4 Å². The van der Waals surface area contributed by atoms with Crippen molar-refractivity contribution in [3.05, 3.63) is 30.5 Å². The van der Waals surface area contributed by atoms with E-state index >= 15 is 0 Å². The molecule has 0 aliphatic heterocycles. The first kappa shape index (κ1) is 16.3. The highest BCUT2D eigenvalue weighted by Crippen LogP contribution is 2.46. The van der Waals surface area contributed by atoms with Gasteiger partial charge in [0.05, 0.1) is 34.4 Å². The maximum atomic E-state index is 12.5. The molecule has 0 unspecified atom stereocenters. The molecule has 0 radical (unpaired) electrons. The third kappa shape index (κ3) is 2.55. The van der Waals surface area contributed by atoms with E-state index in [-0.39, 0.29) is 11.2 Å². The largest absolute Gasteiger partial charge is 0.345 e. The summed E-state index contributed by atoms with van der Waals surface area (Å²) in [6.45, 7) is 2.21. The van der Waals surface area contributed by atoms with Crippen LogP contribution in [0, 0.1) is 11.8 Å². The van der Waals surface area contributed by atoms with Gasteiger partial charge in [-0.05, 0) is 43.6 Å². The Hall–Kier alpha value is -1.89. The number of hydrogen-bond donors (Lipinski definition) is 1. The SMILES string of the molecule is CC[C@@H]1C[C@H](CS(=O)(=O)C2CC2)C[C@@H]1c1ncc2cnc3[nH]ccc3n12. The van der Waals surface area contributed by atoms with E-state index in [0.29, 0.717) is 17.6 Å². The molecule has 2 aliphatic rings. The van der Waals surface area contributed by atoms with Crippen LogP contribution in [0.1, 0.15) is 50.8 Å². The van der Waals surface area contributed by atoms with E-state index in [9.17, 15) is 8.42 Å². The van der Waals surface area contributed by atoms with Crippen LogP contribution in [0.3, 0.4) is 0 Å². The Bertz CT molecular complexity index is 1060. The van der Waals surface area contributed by atoms with Crippen molar-refractivity contribution in [2.45, 2.75) is 50.2 Å². The lowest BCUT2D eigenvalue weighted by Gasteiger charge is -2.17. The summed E-state index contributed by atoms with van der Waals surface area (Å²) in [5, 5.41) is -0.0561. The molecular weight excluding hydrogens is 348 g/mol. The topological polar surface area (TPSA) is 80.1 Å². The van der Waals surface area contributed by atoms with Gasteiger partial charge in [-0.25, -0.2) is 18.4 Å². The number of nitrogens with one attached hydrogen (secondary N) is 1. The Morgan fingerprint density at radius 2 is 2.04 bits per heavy atom. The van der Waals surface area contributed by atoms with Gasteiger partial charge in [0, 0.05) is 12.1 Å². The summed E-state index contributed by atoms with van der Waals surface area (Å²) in [6, 6.07) is 2.03. The van der Waals surface area contributed by atoms with Crippen molar-refractivity contribution in [2.24, 2.45) is 11.8 Å². The summed E-state index contributed by atoms with van der Waals surface area (Å²) in [6.07, 6.45) is 10.3. The Labute approximate surface area is 153 Å². The number of aromatic amines is 1.